The molecule has 0 spiro atoms. The fourth-order valence-electron chi connectivity index (χ4n) is 0.306. The van der Waals surface area contributed by atoms with Gasteiger partial charge in [-0.1, -0.05) is 6.92 Å². The van der Waals surface area contributed by atoms with E-state index >= 15 is 0 Å². The molecule has 0 heterocycles. The van der Waals surface area contributed by atoms with Gasteiger partial charge < -0.3 is 9.84 Å². The Bertz CT molecular complexity index is 71.3. The first-order valence-corrected chi connectivity index (χ1v) is 3.40. The largest absolute Gasteiger partial charge is 0.469 e. The fraction of sp³-hybridized carbons (Fsp3) is 0.857. The summed E-state index contributed by atoms with van der Waals surface area (Å²) in [4.78, 5) is 10.2. The molecule has 0 fully saturated rings. The van der Waals surface area contributed by atoms with Gasteiger partial charge in [0.25, 0.3) is 0 Å². The summed E-state index contributed by atoms with van der Waals surface area (Å²) in [5, 5.41) is 7.57. The van der Waals surface area contributed by atoms with E-state index in [0.29, 0.717) is 6.42 Å². The SMILES string of the molecule is CCCC(=O)OC.CCO. The Morgan fingerprint density at radius 2 is 1.90 bits per heavy atom. The highest BCUT2D eigenvalue weighted by Crippen LogP contribution is 1.86. The Balaban J connectivity index is 0. The molecule has 3 nitrogen and oxygen atoms in total. The second-order valence-corrected chi connectivity index (χ2v) is 1.64. The zero-order valence-corrected chi connectivity index (χ0v) is 6.89. The summed E-state index contributed by atoms with van der Waals surface area (Å²) in [5.74, 6) is -0.123. The van der Waals surface area contributed by atoms with E-state index in [4.69, 9.17) is 5.11 Å². The van der Waals surface area contributed by atoms with Crippen LogP contribution in [0.15, 0.2) is 0 Å². The lowest BCUT2D eigenvalue weighted by Crippen LogP contribution is -1.97. The maximum Gasteiger partial charge on any atom is 0.305 e. The number of methoxy groups -OCH3 is 1. The quantitative estimate of drug-likeness (QED) is 0.593. The third-order valence-electron chi connectivity index (χ3n) is 0.682. The first-order chi connectivity index (χ1) is 4.72. The normalized spacial score (nSPS) is 7.60. The first kappa shape index (κ1) is 12.1. The zero-order chi connectivity index (χ0) is 8.41. The van der Waals surface area contributed by atoms with Crippen molar-refractivity contribution in [1.29, 1.82) is 0 Å². The fourth-order valence-corrected chi connectivity index (χ4v) is 0.306. The lowest BCUT2D eigenvalue weighted by Gasteiger charge is -1.91. The molecule has 0 radical (unpaired) electrons. The van der Waals surface area contributed by atoms with E-state index in [0.717, 1.165) is 6.42 Å². The van der Waals surface area contributed by atoms with Crippen LogP contribution >= 0.6 is 0 Å². The van der Waals surface area contributed by atoms with Crippen molar-refractivity contribution in [2.45, 2.75) is 26.7 Å². The predicted octanol–water partition coefficient (Wildman–Crippen LogP) is 0.958. The van der Waals surface area contributed by atoms with Crippen molar-refractivity contribution in [3.8, 4) is 0 Å². The summed E-state index contributed by atoms with van der Waals surface area (Å²) in [6, 6.07) is 0. The van der Waals surface area contributed by atoms with Gasteiger partial charge in [0, 0.05) is 13.0 Å². The Labute approximate surface area is 62.0 Å². The van der Waals surface area contributed by atoms with E-state index in [1.807, 2.05) is 6.92 Å². The molecule has 1 N–H and O–H groups in total. The Hall–Kier alpha value is -0.570. The Morgan fingerprint density at radius 1 is 1.50 bits per heavy atom. The Kier molecular flexibility index (Phi) is 13.7. The molecule has 0 aromatic rings. The average molecular weight is 148 g/mol. The van der Waals surface area contributed by atoms with Gasteiger partial charge in [0.05, 0.1) is 7.11 Å². The molecule has 0 aromatic heterocycles. The molecule has 0 aliphatic heterocycles. The first-order valence-electron chi connectivity index (χ1n) is 3.40. The van der Waals surface area contributed by atoms with Gasteiger partial charge in [0.1, 0.15) is 0 Å². The lowest BCUT2D eigenvalue weighted by molar-refractivity contribution is -0.140. The van der Waals surface area contributed by atoms with Gasteiger partial charge in [-0.25, -0.2) is 0 Å². The van der Waals surface area contributed by atoms with Crippen molar-refractivity contribution in [3.63, 3.8) is 0 Å². The van der Waals surface area contributed by atoms with Gasteiger partial charge >= 0.3 is 5.97 Å². The molecule has 0 saturated carbocycles. The number of esters is 1. The summed E-state index contributed by atoms with van der Waals surface area (Å²) < 4.78 is 4.35. The molecule has 0 aromatic carbocycles. The number of carbonyl (C=O) groups is 1. The van der Waals surface area contributed by atoms with Gasteiger partial charge in [-0.05, 0) is 13.3 Å². The molecule has 0 bridgehead atoms. The predicted molar refractivity (Wildman–Crippen MR) is 39.7 cm³/mol. The lowest BCUT2D eigenvalue weighted by atomic mass is 10.3. The maximum atomic E-state index is 10.2. The van der Waals surface area contributed by atoms with Crippen LogP contribution in [0.3, 0.4) is 0 Å². The molecule has 0 aliphatic rings. The maximum absolute atomic E-state index is 10.2. The monoisotopic (exact) mass is 148 g/mol. The van der Waals surface area contributed by atoms with Crippen LogP contribution in [-0.4, -0.2) is 24.8 Å². The van der Waals surface area contributed by atoms with E-state index in [1.165, 1.54) is 7.11 Å². The van der Waals surface area contributed by atoms with Crippen molar-refractivity contribution in [2.75, 3.05) is 13.7 Å². The van der Waals surface area contributed by atoms with Crippen molar-refractivity contribution >= 4 is 5.97 Å². The summed E-state index contributed by atoms with van der Waals surface area (Å²) in [6.45, 7) is 3.87. The van der Waals surface area contributed by atoms with E-state index in [9.17, 15) is 4.79 Å². The third kappa shape index (κ3) is 15.7. The number of carbonyl (C=O) groups excluding carboxylic acids is 1. The molecule has 0 atom stereocenters. The number of hydrogen-bond donors (Lipinski definition) is 1. The van der Waals surface area contributed by atoms with Crippen LogP contribution in [0.25, 0.3) is 0 Å². The van der Waals surface area contributed by atoms with Crippen LogP contribution in [-0.2, 0) is 9.53 Å². The molecule has 3 heteroatoms. The number of rotatable bonds is 2. The van der Waals surface area contributed by atoms with Crippen molar-refractivity contribution < 1.29 is 14.6 Å². The summed E-state index contributed by atoms with van der Waals surface area (Å²) in [6.07, 6.45) is 1.41. The smallest absolute Gasteiger partial charge is 0.305 e. The van der Waals surface area contributed by atoms with Gasteiger partial charge in [0.15, 0.2) is 0 Å². The van der Waals surface area contributed by atoms with Gasteiger partial charge in [-0.15, -0.1) is 0 Å². The summed E-state index contributed by atoms with van der Waals surface area (Å²) >= 11 is 0. The van der Waals surface area contributed by atoms with E-state index in [1.54, 1.807) is 6.92 Å². The molecule has 0 amide bonds. The minimum absolute atomic E-state index is 0.123. The summed E-state index contributed by atoms with van der Waals surface area (Å²) in [7, 11) is 1.40. The number of aliphatic hydroxyl groups excluding tert-OH is 1. The van der Waals surface area contributed by atoms with Gasteiger partial charge in [-0.3, -0.25) is 4.79 Å². The van der Waals surface area contributed by atoms with E-state index in [2.05, 4.69) is 4.74 Å². The molecule has 0 saturated heterocycles. The molecular weight excluding hydrogens is 132 g/mol. The summed E-state index contributed by atoms with van der Waals surface area (Å²) in [5.41, 5.74) is 0. The molecule has 0 rings (SSSR count). The molecule has 62 valence electrons. The van der Waals surface area contributed by atoms with Gasteiger partial charge in [-0.2, -0.15) is 0 Å². The molecule has 0 unspecified atom stereocenters. The standard InChI is InChI=1S/C5H10O2.C2H6O/c1-3-4-5(6)7-2;1-2-3/h3-4H2,1-2H3;3H,2H2,1H3. The van der Waals surface area contributed by atoms with Crippen LogP contribution in [0, 0.1) is 0 Å². The topological polar surface area (TPSA) is 46.5 Å². The van der Waals surface area contributed by atoms with Crippen LogP contribution < -0.4 is 0 Å². The second kappa shape index (κ2) is 11.3. The highest BCUT2D eigenvalue weighted by molar-refractivity contribution is 5.68. The minimum atomic E-state index is -0.123. The van der Waals surface area contributed by atoms with Crippen LogP contribution in [0.2, 0.25) is 0 Å². The van der Waals surface area contributed by atoms with Crippen molar-refractivity contribution in [3.05, 3.63) is 0 Å². The highest BCUT2D eigenvalue weighted by Gasteiger charge is 1.92. The van der Waals surface area contributed by atoms with Crippen molar-refractivity contribution in [2.24, 2.45) is 0 Å². The average Bonchev–Trinajstić information content (AvgIpc) is 1.90. The third-order valence-corrected chi connectivity index (χ3v) is 0.682. The molecule has 10 heavy (non-hydrogen) atoms. The Morgan fingerprint density at radius 3 is 2.00 bits per heavy atom. The second-order valence-electron chi connectivity index (χ2n) is 1.64. The number of ether oxygens (including phenoxy) is 1. The zero-order valence-electron chi connectivity index (χ0n) is 6.89. The molecule has 0 aliphatic carbocycles. The van der Waals surface area contributed by atoms with Crippen LogP contribution in [0.4, 0.5) is 0 Å². The van der Waals surface area contributed by atoms with E-state index < -0.39 is 0 Å². The number of hydrogen-bond acceptors (Lipinski definition) is 3. The van der Waals surface area contributed by atoms with Crippen LogP contribution in [0.5, 0.6) is 0 Å². The van der Waals surface area contributed by atoms with Crippen molar-refractivity contribution in [1.82, 2.24) is 0 Å². The van der Waals surface area contributed by atoms with Gasteiger partial charge in [0.2, 0.25) is 0 Å². The minimum Gasteiger partial charge on any atom is -0.469 e. The molecular formula is C7H16O3. The highest BCUT2D eigenvalue weighted by atomic mass is 16.5. The van der Waals surface area contributed by atoms with Crippen LogP contribution in [0.1, 0.15) is 26.7 Å². The number of aliphatic hydroxyl groups is 1. The van der Waals surface area contributed by atoms with E-state index in [-0.39, 0.29) is 12.6 Å².